The predicted molar refractivity (Wildman–Crippen MR) is 310 cm³/mol. The number of aromatic nitrogens is 8. The molecule has 2 aliphatic heterocycles. The summed E-state index contributed by atoms with van der Waals surface area (Å²) < 4.78 is 20.2. The summed E-state index contributed by atoms with van der Waals surface area (Å²) in [6.07, 6.45) is 8.23. The van der Waals surface area contributed by atoms with Gasteiger partial charge in [-0.1, -0.05) is 63.1 Å². The number of rotatable bonds is 24. The summed E-state index contributed by atoms with van der Waals surface area (Å²) in [6, 6.07) is 9.73. The van der Waals surface area contributed by atoms with E-state index >= 15 is 0 Å². The molecule has 3 atom stereocenters. The number of nitrogens with zero attached hydrogens (tertiary/aromatic N) is 11. The average molecular weight is 1160 g/mol. The molecule has 3 aliphatic rings. The molecule has 2 saturated heterocycles. The second kappa shape index (κ2) is 27.2. The highest BCUT2D eigenvalue weighted by atomic mass is 32.1. The van der Waals surface area contributed by atoms with E-state index < -0.39 is 35.4 Å². The Morgan fingerprint density at radius 1 is 0.880 bits per heavy atom. The van der Waals surface area contributed by atoms with Gasteiger partial charge >= 0.3 is 0 Å². The molecule has 6 aromatic rings. The van der Waals surface area contributed by atoms with Crippen molar-refractivity contribution in [2.75, 3.05) is 82.6 Å². The second-order valence-corrected chi connectivity index (χ2v) is 23.2. The minimum atomic E-state index is -0.986. The molecule has 7 heterocycles. The van der Waals surface area contributed by atoms with E-state index in [4.69, 9.17) is 19.2 Å². The lowest BCUT2D eigenvalue weighted by Gasteiger charge is -2.36. The zero-order valence-electron chi connectivity index (χ0n) is 48.0. The highest BCUT2D eigenvalue weighted by Crippen LogP contribution is 2.33. The normalized spacial score (nSPS) is 17.1. The number of aliphatic hydroxyl groups excluding tert-OH is 1. The number of thiazole rings is 1. The minimum Gasteiger partial charge on any atom is -0.391 e. The molecule has 1 aliphatic carbocycles. The van der Waals surface area contributed by atoms with Crippen molar-refractivity contribution in [3.63, 3.8) is 0 Å². The lowest BCUT2D eigenvalue weighted by atomic mass is 9.85. The molecule has 1 aromatic carbocycles. The number of benzene rings is 1. The zero-order valence-corrected chi connectivity index (χ0v) is 48.8. The topological polar surface area (TPSA) is 283 Å². The maximum atomic E-state index is 14.0. The number of aryl methyl sites for hydroxylation is 2. The molecule has 25 heteroatoms. The molecule has 24 nitrogen and oxygen atoms in total. The van der Waals surface area contributed by atoms with Crippen LogP contribution in [-0.2, 0) is 52.9 Å². The van der Waals surface area contributed by atoms with Gasteiger partial charge in [-0.3, -0.25) is 33.3 Å². The fourth-order valence-electron chi connectivity index (χ4n) is 10.8. The Hall–Kier alpha value is -7.58. The van der Waals surface area contributed by atoms with Crippen LogP contribution in [0.4, 0.5) is 17.5 Å². The van der Waals surface area contributed by atoms with Crippen molar-refractivity contribution in [1.82, 2.24) is 59.9 Å². The molecule has 4 N–H and O–H groups in total. The standard InChI is InChI=1S/C58H74N14O10S/c1-36-45-31-61-57(65-53(45)72(42-9-7-8-10-42)55(78)50(36)38(3)73)63-47-16-15-43(30-59-47)68-17-19-69(20-18-68)49(76)27-41-32-70(67-66-41)21-22-80-23-24-81-25-26-82-34-48(75)64-52(58(4,5)6)56(79)71-33-44(74)28-46(71)54(77)60-29-39-11-13-40(14-12-39)51-37(2)62-35-83-51/h11-16,30-32,35,42,44,46,52,74H,7-10,17-29,33-34H2,1-6H3,(H,60,77)(H,64,75)(H,59,61,63,65). The van der Waals surface area contributed by atoms with E-state index in [9.17, 15) is 33.9 Å². The molecule has 0 radical (unpaired) electrons. The van der Waals surface area contributed by atoms with Gasteiger partial charge in [0.2, 0.25) is 29.6 Å². The van der Waals surface area contributed by atoms with Crippen LogP contribution in [0.2, 0.25) is 0 Å². The SMILES string of the molecule is CC(=O)c1c(C)c2cnc(Nc3ccc(N4CCN(C(=O)Cc5cn(CCOCCOCCOCC(=O)NC(C(=O)N6CC(O)CC6C(=O)NCc6ccc(-c7scnc7C)cc6)C(C)(C)C)nn5)CC4)cn3)nc2n(C2CCCC2)c1=O. The third-order valence-electron chi connectivity index (χ3n) is 15.3. The van der Waals surface area contributed by atoms with E-state index in [1.54, 1.807) is 51.6 Å². The average Bonchev–Trinajstić information content (AvgIpc) is 2.38. The number of aliphatic hydroxyl groups is 1. The van der Waals surface area contributed by atoms with Crippen LogP contribution in [0.3, 0.4) is 0 Å². The second-order valence-electron chi connectivity index (χ2n) is 22.4. The van der Waals surface area contributed by atoms with Gasteiger partial charge in [-0.2, -0.15) is 4.98 Å². The van der Waals surface area contributed by atoms with Crippen molar-refractivity contribution in [2.45, 2.75) is 117 Å². The summed E-state index contributed by atoms with van der Waals surface area (Å²) in [7, 11) is 0. The first-order valence-electron chi connectivity index (χ1n) is 28.3. The van der Waals surface area contributed by atoms with E-state index in [2.05, 4.69) is 46.1 Å². The maximum Gasteiger partial charge on any atom is 0.263 e. The molecule has 9 rings (SSSR count). The van der Waals surface area contributed by atoms with Crippen LogP contribution in [0.15, 0.2) is 65.3 Å². The number of carbonyl (C=O) groups excluding carboxylic acids is 5. The number of ketones is 1. The van der Waals surface area contributed by atoms with Gasteiger partial charge in [0.15, 0.2) is 5.78 Å². The summed E-state index contributed by atoms with van der Waals surface area (Å²) >= 11 is 1.57. The van der Waals surface area contributed by atoms with Crippen LogP contribution >= 0.6 is 11.3 Å². The number of hydrogen-bond donors (Lipinski definition) is 4. The van der Waals surface area contributed by atoms with E-state index in [-0.39, 0.29) is 87.1 Å². The molecule has 0 bridgehead atoms. The monoisotopic (exact) mass is 1160 g/mol. The number of anilines is 3. The van der Waals surface area contributed by atoms with Crippen molar-refractivity contribution in [3.05, 3.63) is 98.9 Å². The number of hydrogen-bond acceptors (Lipinski definition) is 19. The van der Waals surface area contributed by atoms with Crippen LogP contribution in [-0.4, -0.2) is 174 Å². The first-order valence-corrected chi connectivity index (χ1v) is 29.2. The van der Waals surface area contributed by atoms with E-state index in [0.717, 1.165) is 53.1 Å². The van der Waals surface area contributed by atoms with Crippen molar-refractivity contribution in [2.24, 2.45) is 5.41 Å². The molecule has 3 fully saturated rings. The third kappa shape index (κ3) is 15.0. The number of carbonyl (C=O) groups is 5. The van der Waals surface area contributed by atoms with E-state index in [1.165, 1.54) is 11.8 Å². The van der Waals surface area contributed by atoms with Gasteiger partial charge in [-0.05, 0) is 67.9 Å². The van der Waals surface area contributed by atoms with E-state index in [1.807, 2.05) is 69.0 Å². The smallest absolute Gasteiger partial charge is 0.263 e. The van der Waals surface area contributed by atoms with Crippen LogP contribution < -0.4 is 26.4 Å². The minimum absolute atomic E-state index is 0.0238. The van der Waals surface area contributed by atoms with Gasteiger partial charge in [0.25, 0.3) is 5.56 Å². The Bertz CT molecular complexity index is 3310. The van der Waals surface area contributed by atoms with Crippen LogP contribution in [0.5, 0.6) is 0 Å². The van der Waals surface area contributed by atoms with Crippen molar-refractivity contribution in [1.29, 1.82) is 0 Å². The Kier molecular flexibility index (Phi) is 19.7. The van der Waals surface area contributed by atoms with Crippen LogP contribution in [0, 0.1) is 19.3 Å². The molecule has 4 amide bonds. The van der Waals surface area contributed by atoms with Gasteiger partial charge in [0, 0.05) is 69.5 Å². The molecule has 5 aromatic heterocycles. The molecule has 0 spiro atoms. The lowest BCUT2D eigenvalue weighted by Crippen LogP contribution is -2.58. The van der Waals surface area contributed by atoms with Crippen molar-refractivity contribution >= 4 is 69.2 Å². The third-order valence-corrected chi connectivity index (χ3v) is 16.3. The number of β-amino-alcohol motifs (C(OH)–C–C–N with tert-alkyl or cyclic N) is 1. The Morgan fingerprint density at radius 3 is 2.28 bits per heavy atom. The fourth-order valence-corrected chi connectivity index (χ4v) is 11.6. The van der Waals surface area contributed by atoms with Crippen LogP contribution in [0.1, 0.15) is 98.7 Å². The van der Waals surface area contributed by atoms with Crippen LogP contribution in [0.25, 0.3) is 21.5 Å². The number of likely N-dealkylation sites (tertiary alicyclic amines) is 1. The lowest BCUT2D eigenvalue weighted by molar-refractivity contribution is -0.144. The summed E-state index contributed by atoms with van der Waals surface area (Å²) in [6.45, 7) is 14.5. The fraction of sp³-hybridized carbons (Fsp3) is 0.517. The Morgan fingerprint density at radius 2 is 1.60 bits per heavy atom. The molecular formula is C58H74N14O10S. The Balaban J connectivity index is 0.630. The highest BCUT2D eigenvalue weighted by molar-refractivity contribution is 7.13. The quantitative estimate of drug-likeness (QED) is 0.0485. The predicted octanol–water partition coefficient (Wildman–Crippen LogP) is 4.33. The molecule has 3 unspecified atom stereocenters. The van der Waals surface area contributed by atoms with Crippen molar-refractivity contribution in [3.8, 4) is 10.4 Å². The number of pyridine rings is 2. The number of Topliss-reactive ketones (excluding diaryl/α,β-unsaturated/α-hetero) is 1. The van der Waals surface area contributed by atoms with Gasteiger partial charge in [-0.25, -0.2) is 19.6 Å². The molecular weight excluding hydrogens is 1080 g/mol. The van der Waals surface area contributed by atoms with E-state index in [0.29, 0.717) is 80.0 Å². The van der Waals surface area contributed by atoms with Gasteiger partial charge < -0.3 is 50.0 Å². The maximum absolute atomic E-state index is 14.0. The summed E-state index contributed by atoms with van der Waals surface area (Å²) in [5, 5.41) is 28.5. The molecule has 83 heavy (non-hydrogen) atoms. The molecule has 1 saturated carbocycles. The van der Waals surface area contributed by atoms with Gasteiger partial charge in [-0.15, -0.1) is 16.4 Å². The zero-order chi connectivity index (χ0) is 58.8. The summed E-state index contributed by atoms with van der Waals surface area (Å²) in [5.41, 5.74) is 6.42. The number of fused-ring (bicyclic) bond motifs is 1. The summed E-state index contributed by atoms with van der Waals surface area (Å²) in [4.78, 5) is 105. The van der Waals surface area contributed by atoms with Gasteiger partial charge in [0.1, 0.15) is 30.2 Å². The van der Waals surface area contributed by atoms with Crippen molar-refractivity contribution < 1.29 is 43.3 Å². The number of nitrogens with one attached hydrogen (secondary N) is 3. The Labute approximate surface area is 485 Å². The highest BCUT2D eigenvalue weighted by Gasteiger charge is 2.44. The first-order chi connectivity index (χ1) is 39.9. The number of amides is 4. The van der Waals surface area contributed by atoms with Gasteiger partial charge in [0.05, 0.1) is 91.3 Å². The summed E-state index contributed by atoms with van der Waals surface area (Å²) in [5.74, 6) is -0.818. The molecule has 442 valence electrons. The first kappa shape index (κ1) is 60.0. The largest absolute Gasteiger partial charge is 0.391 e. The number of piperazine rings is 1. The number of ether oxygens (including phenoxy) is 3.